The van der Waals surface area contributed by atoms with Gasteiger partial charge in [0.15, 0.2) is 0 Å². The van der Waals surface area contributed by atoms with Crippen LogP contribution < -0.4 is 5.32 Å². The normalized spacial score (nSPS) is 13.7. The van der Waals surface area contributed by atoms with Gasteiger partial charge in [0.2, 0.25) is 0 Å². The topological polar surface area (TPSA) is 66.4 Å². The molecule has 1 unspecified atom stereocenters. The highest BCUT2D eigenvalue weighted by Gasteiger charge is 2.33. The lowest BCUT2D eigenvalue weighted by Crippen LogP contribution is -2.52. The molecule has 0 saturated carbocycles. The fourth-order valence-electron chi connectivity index (χ4n) is 1.65. The van der Waals surface area contributed by atoms with Crippen molar-refractivity contribution in [1.29, 1.82) is 0 Å². The second-order valence-electron chi connectivity index (χ2n) is 4.35. The molecule has 1 rings (SSSR count). The molecule has 2 N–H and O–H groups in total. The molecular weight excluding hydrogens is 254 g/mol. The van der Waals surface area contributed by atoms with E-state index in [0.717, 1.165) is 0 Å². The molecule has 4 nitrogen and oxygen atoms in total. The third-order valence-electron chi connectivity index (χ3n) is 2.72. The third kappa shape index (κ3) is 3.47. The second-order valence-corrected chi connectivity index (χ2v) is 4.78. The first-order chi connectivity index (χ1) is 8.39. The lowest BCUT2D eigenvalue weighted by atomic mass is 9.96. The summed E-state index contributed by atoms with van der Waals surface area (Å²) < 4.78 is 0. The number of carboxylic acids is 1. The number of aliphatic carboxylic acids is 1. The van der Waals surface area contributed by atoms with E-state index in [0.29, 0.717) is 23.4 Å². The van der Waals surface area contributed by atoms with Crippen LogP contribution in [-0.2, 0) is 4.79 Å². The molecule has 0 saturated heterocycles. The van der Waals surface area contributed by atoms with Gasteiger partial charge in [0.1, 0.15) is 5.54 Å². The number of rotatable bonds is 5. The van der Waals surface area contributed by atoms with Crippen LogP contribution in [0.3, 0.4) is 0 Å². The Labute approximate surface area is 111 Å². The van der Waals surface area contributed by atoms with Crippen molar-refractivity contribution in [3.05, 3.63) is 34.9 Å². The number of nitrogens with one attached hydrogen (secondary N) is 1. The average molecular weight is 270 g/mol. The van der Waals surface area contributed by atoms with Gasteiger partial charge in [-0.05, 0) is 37.6 Å². The molecule has 0 spiro atoms. The Morgan fingerprint density at radius 2 is 1.89 bits per heavy atom. The molecule has 0 aliphatic carbocycles. The van der Waals surface area contributed by atoms with E-state index in [1.54, 1.807) is 24.3 Å². The van der Waals surface area contributed by atoms with E-state index >= 15 is 0 Å². The predicted octanol–water partition coefficient (Wildman–Crippen LogP) is 2.71. The summed E-state index contributed by atoms with van der Waals surface area (Å²) >= 11 is 5.72. The standard InChI is InChI=1S/C13H16ClNO3/c1-3-8-13(2,12(17)18)15-11(16)9-4-6-10(14)7-5-9/h4-7H,3,8H2,1-2H3,(H,15,16)(H,17,18). The van der Waals surface area contributed by atoms with E-state index in [2.05, 4.69) is 5.32 Å². The lowest BCUT2D eigenvalue weighted by molar-refractivity contribution is -0.144. The Hall–Kier alpha value is -1.55. The van der Waals surface area contributed by atoms with Gasteiger partial charge in [-0.15, -0.1) is 0 Å². The van der Waals surface area contributed by atoms with Crippen LogP contribution >= 0.6 is 11.6 Å². The Bertz CT molecular complexity index is 444. The molecule has 98 valence electrons. The highest BCUT2D eigenvalue weighted by atomic mass is 35.5. The Kier molecular flexibility index (Phi) is 4.73. The van der Waals surface area contributed by atoms with E-state index in [1.165, 1.54) is 6.92 Å². The quantitative estimate of drug-likeness (QED) is 0.864. The van der Waals surface area contributed by atoms with Crippen LogP contribution in [0.15, 0.2) is 24.3 Å². The van der Waals surface area contributed by atoms with Gasteiger partial charge >= 0.3 is 5.97 Å². The molecule has 0 heterocycles. The largest absolute Gasteiger partial charge is 0.480 e. The SMILES string of the molecule is CCCC(C)(NC(=O)c1ccc(Cl)cc1)C(=O)O. The predicted molar refractivity (Wildman–Crippen MR) is 69.9 cm³/mol. The molecule has 0 fully saturated rings. The van der Waals surface area contributed by atoms with Crippen LogP contribution in [-0.4, -0.2) is 22.5 Å². The Balaban J connectivity index is 2.85. The fourth-order valence-corrected chi connectivity index (χ4v) is 1.77. The smallest absolute Gasteiger partial charge is 0.329 e. The zero-order valence-electron chi connectivity index (χ0n) is 10.4. The van der Waals surface area contributed by atoms with E-state index in [9.17, 15) is 9.59 Å². The van der Waals surface area contributed by atoms with Crippen molar-refractivity contribution in [2.24, 2.45) is 0 Å². The van der Waals surface area contributed by atoms with Crippen molar-refractivity contribution < 1.29 is 14.7 Å². The van der Waals surface area contributed by atoms with E-state index in [-0.39, 0.29) is 0 Å². The van der Waals surface area contributed by atoms with Gasteiger partial charge in [0, 0.05) is 10.6 Å². The number of hydrogen-bond acceptors (Lipinski definition) is 2. The van der Waals surface area contributed by atoms with E-state index < -0.39 is 17.4 Å². The molecule has 0 aliphatic rings. The van der Waals surface area contributed by atoms with Gasteiger partial charge in [-0.2, -0.15) is 0 Å². The minimum atomic E-state index is -1.24. The minimum absolute atomic E-state index is 0.377. The molecule has 18 heavy (non-hydrogen) atoms. The molecule has 1 aromatic carbocycles. The monoisotopic (exact) mass is 269 g/mol. The summed E-state index contributed by atoms with van der Waals surface area (Å²) in [7, 11) is 0. The molecule has 0 radical (unpaired) electrons. The molecule has 1 aromatic rings. The van der Waals surface area contributed by atoms with Crippen molar-refractivity contribution in [3.63, 3.8) is 0 Å². The maximum absolute atomic E-state index is 11.9. The maximum Gasteiger partial charge on any atom is 0.329 e. The molecule has 1 amide bonds. The van der Waals surface area contributed by atoms with E-state index in [1.807, 2.05) is 6.92 Å². The third-order valence-corrected chi connectivity index (χ3v) is 2.97. The number of hydrogen-bond donors (Lipinski definition) is 2. The van der Waals surface area contributed by atoms with Crippen molar-refractivity contribution >= 4 is 23.5 Å². The second kappa shape index (κ2) is 5.87. The van der Waals surface area contributed by atoms with Crippen molar-refractivity contribution in [1.82, 2.24) is 5.32 Å². The van der Waals surface area contributed by atoms with Crippen LogP contribution in [0.2, 0.25) is 5.02 Å². The maximum atomic E-state index is 11.9. The van der Waals surface area contributed by atoms with E-state index in [4.69, 9.17) is 16.7 Å². The average Bonchev–Trinajstić information content (AvgIpc) is 2.29. The van der Waals surface area contributed by atoms with Crippen LogP contribution in [0.25, 0.3) is 0 Å². The first-order valence-corrected chi connectivity index (χ1v) is 6.08. The number of carbonyl (C=O) groups excluding carboxylic acids is 1. The van der Waals surface area contributed by atoms with Crippen LogP contribution in [0.1, 0.15) is 37.0 Å². The first kappa shape index (κ1) is 14.5. The van der Waals surface area contributed by atoms with Crippen LogP contribution in [0.5, 0.6) is 0 Å². The van der Waals surface area contributed by atoms with Crippen molar-refractivity contribution in [2.45, 2.75) is 32.2 Å². The van der Waals surface area contributed by atoms with Gasteiger partial charge in [-0.1, -0.05) is 24.9 Å². The zero-order chi connectivity index (χ0) is 13.8. The fraction of sp³-hybridized carbons (Fsp3) is 0.385. The summed E-state index contributed by atoms with van der Waals surface area (Å²) in [5.41, 5.74) is -0.853. The number of amides is 1. The number of carboxylic acid groups (broad SMARTS) is 1. The van der Waals surface area contributed by atoms with Gasteiger partial charge in [-0.25, -0.2) is 4.79 Å². The highest BCUT2D eigenvalue weighted by molar-refractivity contribution is 6.30. The summed E-state index contributed by atoms with van der Waals surface area (Å²) in [5, 5.41) is 12.2. The summed E-state index contributed by atoms with van der Waals surface area (Å²) in [5.74, 6) is -1.45. The van der Waals surface area contributed by atoms with Gasteiger partial charge in [0.25, 0.3) is 5.91 Å². The summed E-state index contributed by atoms with van der Waals surface area (Å²) in [6.07, 6.45) is 1.05. The molecular formula is C13H16ClNO3. The molecule has 0 bridgehead atoms. The molecule has 0 aromatic heterocycles. The Morgan fingerprint density at radius 1 is 1.33 bits per heavy atom. The van der Waals surface area contributed by atoms with Gasteiger partial charge < -0.3 is 10.4 Å². The zero-order valence-corrected chi connectivity index (χ0v) is 11.1. The minimum Gasteiger partial charge on any atom is -0.480 e. The first-order valence-electron chi connectivity index (χ1n) is 5.70. The molecule has 1 atom stereocenters. The number of carbonyl (C=O) groups is 2. The van der Waals surface area contributed by atoms with Crippen molar-refractivity contribution in [3.8, 4) is 0 Å². The van der Waals surface area contributed by atoms with Crippen LogP contribution in [0, 0.1) is 0 Å². The summed E-state index contributed by atoms with van der Waals surface area (Å²) in [6, 6.07) is 6.31. The lowest BCUT2D eigenvalue weighted by Gasteiger charge is -2.25. The van der Waals surface area contributed by atoms with Crippen LogP contribution in [0.4, 0.5) is 0 Å². The van der Waals surface area contributed by atoms with Gasteiger partial charge in [0.05, 0.1) is 0 Å². The summed E-state index contributed by atoms with van der Waals surface area (Å²) in [6.45, 7) is 3.38. The number of benzene rings is 1. The highest BCUT2D eigenvalue weighted by Crippen LogP contribution is 2.15. The summed E-state index contributed by atoms with van der Waals surface area (Å²) in [4.78, 5) is 23.1. The molecule has 5 heteroatoms. The molecule has 0 aliphatic heterocycles. The van der Waals surface area contributed by atoms with Gasteiger partial charge in [-0.3, -0.25) is 4.79 Å². The Morgan fingerprint density at radius 3 is 2.33 bits per heavy atom. The van der Waals surface area contributed by atoms with Crippen molar-refractivity contribution in [2.75, 3.05) is 0 Å². The number of halogens is 1.